The van der Waals surface area contributed by atoms with Gasteiger partial charge in [-0.2, -0.15) is 0 Å². The van der Waals surface area contributed by atoms with Gasteiger partial charge in [-0.3, -0.25) is 10.2 Å². The van der Waals surface area contributed by atoms with Crippen molar-refractivity contribution in [3.8, 4) is 0 Å². The Bertz CT molecular complexity index is 1230. The molecule has 0 aliphatic carbocycles. The number of anilines is 2. The predicted molar refractivity (Wildman–Crippen MR) is 133 cm³/mol. The predicted octanol–water partition coefficient (Wildman–Crippen LogP) is 3.45. The van der Waals surface area contributed by atoms with E-state index in [1.54, 1.807) is 19.2 Å². The van der Waals surface area contributed by atoms with E-state index in [0.29, 0.717) is 18.0 Å². The van der Waals surface area contributed by atoms with Gasteiger partial charge >= 0.3 is 0 Å². The maximum absolute atomic E-state index is 11.7. The number of carbonyl (C=O) groups is 1. The van der Waals surface area contributed by atoms with E-state index in [0.717, 1.165) is 33.8 Å². The lowest BCUT2D eigenvalue weighted by Gasteiger charge is -2.08. The fourth-order valence-corrected chi connectivity index (χ4v) is 4.90. The van der Waals surface area contributed by atoms with Gasteiger partial charge in [0.05, 0.1) is 10.6 Å². The topological polar surface area (TPSA) is 124 Å². The summed E-state index contributed by atoms with van der Waals surface area (Å²) in [5.74, 6) is 0.0551. The summed E-state index contributed by atoms with van der Waals surface area (Å²) in [6, 6.07) is 14.7. The number of nitrogens with zero attached hydrogens (tertiary/aromatic N) is 1. The van der Waals surface area contributed by atoms with Crippen LogP contribution in [0.4, 0.5) is 10.8 Å². The zero-order valence-electron chi connectivity index (χ0n) is 18.7. The Morgan fingerprint density at radius 2 is 1.64 bits per heavy atom. The molecule has 174 valence electrons. The van der Waals surface area contributed by atoms with Crippen LogP contribution in [0.2, 0.25) is 0 Å². The normalized spacial score (nSPS) is 11.1. The molecule has 0 saturated heterocycles. The van der Waals surface area contributed by atoms with Crippen LogP contribution in [-0.4, -0.2) is 38.6 Å². The van der Waals surface area contributed by atoms with Crippen LogP contribution in [0.25, 0.3) is 0 Å². The van der Waals surface area contributed by atoms with E-state index in [9.17, 15) is 13.2 Å². The van der Waals surface area contributed by atoms with Gasteiger partial charge in [0, 0.05) is 37.2 Å². The van der Waals surface area contributed by atoms with Gasteiger partial charge in [0.15, 0.2) is 20.9 Å². The molecule has 8 nitrogen and oxygen atoms in total. The summed E-state index contributed by atoms with van der Waals surface area (Å²) in [5.41, 5.74) is 3.85. The summed E-state index contributed by atoms with van der Waals surface area (Å²) < 4.78 is 23.4. The number of carbonyl (C=O) groups excluding carboxylic acids is 1. The maximum Gasteiger partial charge on any atom is 0.223 e. The van der Waals surface area contributed by atoms with E-state index in [1.807, 2.05) is 36.4 Å². The van der Waals surface area contributed by atoms with Crippen molar-refractivity contribution in [3.05, 3.63) is 70.2 Å². The molecule has 0 aliphatic heterocycles. The number of guanidine groups is 1. The lowest BCUT2D eigenvalue weighted by atomic mass is 10.0. The quantitative estimate of drug-likeness (QED) is 0.286. The van der Waals surface area contributed by atoms with Gasteiger partial charge in [-0.25, -0.2) is 13.4 Å². The van der Waals surface area contributed by atoms with Crippen molar-refractivity contribution >= 4 is 43.9 Å². The molecule has 0 fully saturated rings. The number of benzene rings is 2. The van der Waals surface area contributed by atoms with Crippen molar-refractivity contribution in [2.45, 2.75) is 31.1 Å². The van der Waals surface area contributed by atoms with Crippen molar-refractivity contribution < 1.29 is 13.2 Å². The summed E-state index contributed by atoms with van der Waals surface area (Å²) >= 11 is 1.44. The van der Waals surface area contributed by atoms with Crippen LogP contribution in [0.3, 0.4) is 0 Å². The standard InChI is InChI=1S/C23H27N5O3S2/c1-15(29)26-23-28-20(13-8-16-4-9-18(10-5-16)27-22(24)25-2)21(32-23)14-17-6-11-19(12-7-17)33(3,30)31/h4-7,9-12H,8,13-14H2,1-3H3,(H3,24,25,27)(H,26,28,29). The minimum absolute atomic E-state index is 0.172. The summed E-state index contributed by atoms with van der Waals surface area (Å²) in [6.45, 7) is 1.45. The molecule has 1 amide bonds. The van der Waals surface area contributed by atoms with E-state index >= 15 is 0 Å². The third kappa shape index (κ3) is 7.13. The highest BCUT2D eigenvalue weighted by atomic mass is 32.2. The van der Waals surface area contributed by atoms with E-state index in [1.165, 1.54) is 24.5 Å². The van der Waals surface area contributed by atoms with Crippen LogP contribution in [0, 0.1) is 5.41 Å². The minimum atomic E-state index is -3.24. The Balaban J connectivity index is 1.74. The molecule has 1 heterocycles. The Morgan fingerprint density at radius 3 is 2.21 bits per heavy atom. The first-order chi connectivity index (χ1) is 15.6. The molecule has 0 spiro atoms. The third-order valence-electron chi connectivity index (χ3n) is 4.90. The Kier molecular flexibility index (Phi) is 7.83. The molecule has 3 aromatic rings. The molecule has 0 bridgehead atoms. The summed E-state index contributed by atoms with van der Waals surface area (Å²) in [6.07, 6.45) is 3.26. The van der Waals surface area contributed by atoms with Crippen LogP contribution in [0.1, 0.15) is 28.6 Å². The van der Waals surface area contributed by atoms with Gasteiger partial charge in [-0.1, -0.05) is 24.3 Å². The first-order valence-electron chi connectivity index (χ1n) is 10.3. The molecule has 33 heavy (non-hydrogen) atoms. The van der Waals surface area contributed by atoms with E-state index in [2.05, 4.69) is 20.9 Å². The van der Waals surface area contributed by atoms with Gasteiger partial charge in [0.1, 0.15) is 0 Å². The average Bonchev–Trinajstić information content (AvgIpc) is 3.13. The first-order valence-corrected chi connectivity index (χ1v) is 13.0. The summed E-state index contributed by atoms with van der Waals surface area (Å²) in [4.78, 5) is 17.5. The van der Waals surface area contributed by atoms with Crippen LogP contribution < -0.4 is 16.0 Å². The number of aryl methyl sites for hydroxylation is 2. The highest BCUT2D eigenvalue weighted by molar-refractivity contribution is 7.90. The molecule has 0 saturated carbocycles. The van der Waals surface area contributed by atoms with Gasteiger partial charge in [0.2, 0.25) is 5.91 Å². The fourth-order valence-electron chi connectivity index (χ4n) is 3.19. The lowest BCUT2D eigenvalue weighted by molar-refractivity contribution is -0.114. The number of amides is 1. The van der Waals surface area contributed by atoms with Gasteiger partial charge in [0.25, 0.3) is 0 Å². The van der Waals surface area contributed by atoms with Gasteiger partial charge in [-0.05, 0) is 48.2 Å². The molecule has 0 unspecified atom stereocenters. The number of thiazole rings is 1. The van der Waals surface area contributed by atoms with Crippen LogP contribution in [-0.2, 0) is 33.9 Å². The molecule has 10 heteroatoms. The van der Waals surface area contributed by atoms with Crippen molar-refractivity contribution in [2.75, 3.05) is 23.9 Å². The summed E-state index contributed by atoms with van der Waals surface area (Å²) in [7, 11) is -1.55. The zero-order chi connectivity index (χ0) is 24.0. The smallest absolute Gasteiger partial charge is 0.223 e. The van der Waals surface area contributed by atoms with Crippen molar-refractivity contribution in [2.24, 2.45) is 0 Å². The highest BCUT2D eigenvalue weighted by Gasteiger charge is 2.14. The second-order valence-corrected chi connectivity index (χ2v) is 10.7. The zero-order valence-corrected chi connectivity index (χ0v) is 20.4. The highest BCUT2D eigenvalue weighted by Crippen LogP contribution is 2.27. The largest absolute Gasteiger partial charge is 0.359 e. The average molecular weight is 486 g/mol. The SMILES string of the molecule is CNC(=N)Nc1ccc(CCc2nc(NC(C)=O)sc2Cc2ccc(S(C)(=O)=O)cc2)cc1. The molecule has 3 rings (SSSR count). The molecule has 4 N–H and O–H groups in total. The van der Waals surface area contributed by atoms with Crippen LogP contribution in [0.5, 0.6) is 0 Å². The second-order valence-electron chi connectivity index (χ2n) is 7.61. The fraction of sp³-hybridized carbons (Fsp3) is 0.261. The number of hydrogen-bond acceptors (Lipinski definition) is 6. The first kappa shape index (κ1) is 24.4. The second kappa shape index (κ2) is 10.6. The molecule has 0 aliphatic rings. The van der Waals surface area contributed by atoms with Crippen molar-refractivity contribution in [3.63, 3.8) is 0 Å². The van der Waals surface area contributed by atoms with Gasteiger partial charge in [-0.15, -0.1) is 11.3 Å². The molecule has 1 aromatic heterocycles. The molecule has 0 atom stereocenters. The number of rotatable bonds is 8. The van der Waals surface area contributed by atoms with E-state index in [-0.39, 0.29) is 16.8 Å². The monoisotopic (exact) mass is 485 g/mol. The molecular weight excluding hydrogens is 458 g/mol. The Hall–Kier alpha value is -3.24. The number of hydrogen-bond donors (Lipinski definition) is 4. The molecular formula is C23H27N5O3S2. The number of nitrogens with one attached hydrogen (secondary N) is 4. The molecule has 2 aromatic carbocycles. The Morgan fingerprint density at radius 1 is 1.00 bits per heavy atom. The van der Waals surface area contributed by atoms with Crippen LogP contribution in [0.15, 0.2) is 53.4 Å². The lowest BCUT2D eigenvalue weighted by Crippen LogP contribution is -2.25. The summed E-state index contributed by atoms with van der Waals surface area (Å²) in [5, 5.41) is 16.6. The number of sulfone groups is 1. The van der Waals surface area contributed by atoms with Crippen molar-refractivity contribution in [1.82, 2.24) is 10.3 Å². The minimum Gasteiger partial charge on any atom is -0.359 e. The number of aromatic nitrogens is 1. The van der Waals surface area contributed by atoms with Crippen LogP contribution >= 0.6 is 11.3 Å². The van der Waals surface area contributed by atoms with Crippen molar-refractivity contribution in [1.29, 1.82) is 5.41 Å². The Labute approximate surface area is 197 Å². The van der Waals surface area contributed by atoms with E-state index < -0.39 is 9.84 Å². The molecule has 0 radical (unpaired) electrons. The maximum atomic E-state index is 11.7. The third-order valence-corrected chi connectivity index (χ3v) is 7.04. The van der Waals surface area contributed by atoms with Gasteiger partial charge < -0.3 is 16.0 Å². The van der Waals surface area contributed by atoms with E-state index in [4.69, 9.17) is 5.41 Å².